The van der Waals surface area contributed by atoms with Gasteiger partial charge in [0.05, 0.1) is 12.1 Å². The number of rotatable bonds is 14. The number of aliphatic hydroxyl groups is 1. The lowest BCUT2D eigenvalue weighted by molar-refractivity contribution is -0.906. The van der Waals surface area contributed by atoms with Crippen molar-refractivity contribution in [3.63, 3.8) is 0 Å². The van der Waals surface area contributed by atoms with Gasteiger partial charge < -0.3 is 19.6 Å². The zero-order valence-electron chi connectivity index (χ0n) is 26.7. The number of halogens is 1. The monoisotopic (exact) mass is 571 g/mol. The van der Waals surface area contributed by atoms with Crippen molar-refractivity contribution in [2.45, 2.75) is 98.7 Å². The molecule has 0 amide bonds. The lowest BCUT2D eigenvalue weighted by Gasteiger charge is -2.37. The van der Waals surface area contributed by atoms with Gasteiger partial charge in [0, 0.05) is 25.5 Å². The first-order valence-corrected chi connectivity index (χ1v) is 15.8. The molecular formula is C35H56FN2O3+. The number of nitrogens with one attached hydrogen (secondary N) is 1. The molecule has 5 nitrogen and oxygen atoms in total. The van der Waals surface area contributed by atoms with Gasteiger partial charge in [-0.2, -0.15) is 0 Å². The van der Waals surface area contributed by atoms with Crippen molar-refractivity contribution in [2.75, 3.05) is 19.6 Å². The molecule has 2 N–H and O–H groups in total. The highest BCUT2D eigenvalue weighted by Crippen LogP contribution is 2.38. The van der Waals surface area contributed by atoms with Crippen molar-refractivity contribution in [1.29, 1.82) is 0 Å². The van der Waals surface area contributed by atoms with Gasteiger partial charge in [0.2, 0.25) is 0 Å². The molecule has 1 saturated heterocycles. The molecule has 1 fully saturated rings. The van der Waals surface area contributed by atoms with E-state index < -0.39 is 5.60 Å². The SMILES string of the molecule is C=NO/C(=C\CC(O)(c1ccccc1)C(CC)CCC)C[NH+]1CCC(CC)C(Oc2ccc(F)cc2)C1.CC.CC. The maximum atomic E-state index is 13.4. The predicted octanol–water partition coefficient (Wildman–Crippen LogP) is 7.56. The molecule has 3 rings (SSSR count). The van der Waals surface area contributed by atoms with Gasteiger partial charge >= 0.3 is 0 Å². The first-order valence-electron chi connectivity index (χ1n) is 15.8. The highest BCUT2D eigenvalue weighted by atomic mass is 19.1. The molecule has 5 atom stereocenters. The van der Waals surface area contributed by atoms with Crippen LogP contribution < -0.4 is 9.64 Å². The third kappa shape index (κ3) is 11.2. The van der Waals surface area contributed by atoms with Crippen molar-refractivity contribution in [2.24, 2.45) is 17.0 Å². The lowest BCUT2D eigenvalue weighted by Crippen LogP contribution is -3.14. The van der Waals surface area contributed by atoms with Gasteiger partial charge in [-0.05, 0) is 54.7 Å². The van der Waals surface area contributed by atoms with Crippen molar-refractivity contribution < 1.29 is 24.0 Å². The van der Waals surface area contributed by atoms with E-state index in [2.05, 4.69) is 32.6 Å². The van der Waals surface area contributed by atoms with Crippen LogP contribution in [0.2, 0.25) is 0 Å². The zero-order chi connectivity index (χ0) is 30.7. The molecule has 0 bridgehead atoms. The van der Waals surface area contributed by atoms with E-state index in [4.69, 9.17) is 9.57 Å². The average Bonchev–Trinajstić information content (AvgIpc) is 3.02. The van der Waals surface area contributed by atoms with E-state index >= 15 is 0 Å². The fourth-order valence-corrected chi connectivity index (χ4v) is 5.70. The molecule has 0 aromatic heterocycles. The summed E-state index contributed by atoms with van der Waals surface area (Å²) in [6.45, 7) is 20.5. The third-order valence-corrected chi connectivity index (χ3v) is 7.84. The van der Waals surface area contributed by atoms with Crippen LogP contribution in [-0.4, -0.2) is 37.6 Å². The Hall–Kier alpha value is -2.70. The Balaban J connectivity index is 0.00000201. The molecule has 41 heavy (non-hydrogen) atoms. The summed E-state index contributed by atoms with van der Waals surface area (Å²) in [6, 6.07) is 16.2. The number of benzene rings is 2. The van der Waals surface area contributed by atoms with Crippen LogP contribution in [0.25, 0.3) is 0 Å². The van der Waals surface area contributed by atoms with E-state index in [1.807, 2.05) is 64.1 Å². The molecule has 0 saturated carbocycles. The summed E-state index contributed by atoms with van der Waals surface area (Å²) in [5, 5.41) is 15.7. The van der Waals surface area contributed by atoms with Crippen molar-refractivity contribution in [3.05, 3.63) is 77.8 Å². The first kappa shape index (κ1) is 36.3. The van der Waals surface area contributed by atoms with Crippen LogP contribution in [0.4, 0.5) is 4.39 Å². The Morgan fingerprint density at radius 1 is 1.10 bits per heavy atom. The van der Waals surface area contributed by atoms with Crippen LogP contribution in [0, 0.1) is 17.7 Å². The maximum absolute atomic E-state index is 13.4. The molecule has 0 spiro atoms. The van der Waals surface area contributed by atoms with Crippen LogP contribution in [0.15, 0.2) is 71.6 Å². The maximum Gasteiger partial charge on any atom is 0.185 e. The Kier molecular flexibility index (Phi) is 17.9. The molecule has 1 aliphatic heterocycles. The minimum atomic E-state index is -0.986. The summed E-state index contributed by atoms with van der Waals surface area (Å²) < 4.78 is 19.7. The summed E-state index contributed by atoms with van der Waals surface area (Å²) >= 11 is 0. The zero-order valence-corrected chi connectivity index (χ0v) is 26.7. The number of oxime groups is 1. The Bertz CT molecular complexity index is 983. The largest absolute Gasteiger partial charge is 0.484 e. The van der Waals surface area contributed by atoms with E-state index in [-0.39, 0.29) is 17.8 Å². The predicted molar refractivity (Wildman–Crippen MR) is 170 cm³/mol. The van der Waals surface area contributed by atoms with Gasteiger partial charge in [0.25, 0.3) is 0 Å². The van der Waals surface area contributed by atoms with Crippen molar-refractivity contribution in [3.8, 4) is 5.75 Å². The minimum absolute atomic E-state index is 0.0347. The second kappa shape index (κ2) is 20.2. The van der Waals surface area contributed by atoms with Gasteiger partial charge in [-0.3, -0.25) is 0 Å². The summed E-state index contributed by atoms with van der Waals surface area (Å²) in [5.74, 6) is 1.72. The molecule has 5 unspecified atom stereocenters. The van der Waals surface area contributed by atoms with Gasteiger partial charge in [0.1, 0.15) is 24.7 Å². The second-order valence-corrected chi connectivity index (χ2v) is 10.2. The first-order chi connectivity index (χ1) is 19.9. The topological polar surface area (TPSA) is 55.5 Å². The van der Waals surface area contributed by atoms with Crippen molar-refractivity contribution in [1.82, 2.24) is 0 Å². The summed E-state index contributed by atoms with van der Waals surface area (Å²) in [6.07, 6.45) is 7.40. The normalized spacial score (nSPS) is 20.7. The van der Waals surface area contributed by atoms with E-state index in [0.29, 0.717) is 30.4 Å². The molecule has 0 aliphatic carbocycles. The second-order valence-electron chi connectivity index (χ2n) is 10.2. The number of nitrogens with zero attached hydrogens (tertiary/aromatic N) is 1. The Morgan fingerprint density at radius 3 is 2.32 bits per heavy atom. The van der Waals surface area contributed by atoms with E-state index in [0.717, 1.165) is 50.8 Å². The molecular weight excluding hydrogens is 515 g/mol. The summed E-state index contributed by atoms with van der Waals surface area (Å²) in [7, 11) is 0. The number of hydrogen-bond donors (Lipinski definition) is 2. The summed E-state index contributed by atoms with van der Waals surface area (Å²) in [5.41, 5.74) is -0.0538. The number of ether oxygens (including phenoxy) is 1. The lowest BCUT2D eigenvalue weighted by atomic mass is 9.75. The average molecular weight is 572 g/mol. The fourth-order valence-electron chi connectivity index (χ4n) is 5.70. The Labute approximate surface area is 249 Å². The van der Waals surface area contributed by atoms with Crippen LogP contribution in [0.1, 0.15) is 92.6 Å². The van der Waals surface area contributed by atoms with Crippen LogP contribution >= 0.6 is 0 Å². The molecule has 230 valence electrons. The third-order valence-electron chi connectivity index (χ3n) is 7.84. The van der Waals surface area contributed by atoms with Crippen molar-refractivity contribution >= 4 is 6.72 Å². The fraction of sp³-hybridized carbons (Fsp3) is 0.571. The molecule has 2 aromatic carbocycles. The summed E-state index contributed by atoms with van der Waals surface area (Å²) in [4.78, 5) is 6.96. The highest BCUT2D eigenvalue weighted by molar-refractivity contribution is 5.25. The molecule has 1 aliphatic rings. The van der Waals surface area contributed by atoms with E-state index in [1.165, 1.54) is 17.0 Å². The standard InChI is InChI=1S/C31H43FN2O3.2C2H6/c1-5-11-25(7-3)31(35,26-12-9-8-10-13-26)20-18-29(37-33-4)22-34-21-19-24(6-2)30(23-34)36-28-16-14-27(32)15-17-28;2*1-2/h8-10,12-18,24-25,30,35H,4-7,11,19-23H2,1-3H3;2*1-2H3/p+1/b29-18-;;. The number of hydrogen-bond acceptors (Lipinski definition) is 4. The molecule has 2 aromatic rings. The number of piperidine rings is 1. The van der Waals surface area contributed by atoms with Gasteiger partial charge in [-0.15, -0.1) is 0 Å². The van der Waals surface area contributed by atoms with Gasteiger partial charge in [-0.25, -0.2) is 4.39 Å². The van der Waals surface area contributed by atoms with Crippen LogP contribution in [0.3, 0.4) is 0 Å². The van der Waals surface area contributed by atoms with Crippen LogP contribution in [-0.2, 0) is 10.4 Å². The smallest absolute Gasteiger partial charge is 0.185 e. The molecule has 6 heteroatoms. The highest BCUT2D eigenvalue weighted by Gasteiger charge is 2.37. The quantitative estimate of drug-likeness (QED) is 0.140. The molecule has 1 heterocycles. The molecule has 0 radical (unpaired) electrons. The van der Waals surface area contributed by atoms with Gasteiger partial charge in [-0.1, -0.05) is 96.8 Å². The van der Waals surface area contributed by atoms with Gasteiger partial charge in [0.15, 0.2) is 11.9 Å². The van der Waals surface area contributed by atoms with E-state index in [9.17, 15) is 9.50 Å². The number of likely N-dealkylation sites (tertiary alicyclic amines) is 1. The minimum Gasteiger partial charge on any atom is -0.484 e. The number of quaternary nitrogens is 1. The Morgan fingerprint density at radius 2 is 1.76 bits per heavy atom. The van der Waals surface area contributed by atoms with E-state index in [1.54, 1.807) is 12.1 Å². The van der Waals surface area contributed by atoms with Crippen LogP contribution in [0.5, 0.6) is 5.75 Å².